The van der Waals surface area contributed by atoms with Crippen LogP contribution in [0.25, 0.3) is 0 Å². The monoisotopic (exact) mass is 237 g/mol. The quantitative estimate of drug-likeness (QED) is 0.877. The van der Waals surface area contributed by atoms with Gasteiger partial charge in [-0.1, -0.05) is 18.2 Å². The van der Waals surface area contributed by atoms with Crippen molar-refractivity contribution in [2.24, 2.45) is 11.7 Å². The van der Waals surface area contributed by atoms with Gasteiger partial charge >= 0.3 is 0 Å². The SMILES string of the molecule is COc1ccccc1C1CSCCC1CN. The van der Waals surface area contributed by atoms with Gasteiger partial charge in [-0.2, -0.15) is 11.8 Å². The van der Waals surface area contributed by atoms with E-state index in [4.69, 9.17) is 10.5 Å². The Morgan fingerprint density at radius 1 is 1.44 bits per heavy atom. The fourth-order valence-corrected chi connectivity index (χ4v) is 3.72. The molecular formula is C13H19NOS. The first kappa shape index (κ1) is 11.8. The molecule has 2 rings (SSSR count). The molecule has 3 heteroatoms. The average Bonchev–Trinajstić information content (AvgIpc) is 2.38. The molecule has 0 radical (unpaired) electrons. The summed E-state index contributed by atoms with van der Waals surface area (Å²) in [5, 5.41) is 0. The zero-order valence-electron chi connectivity index (χ0n) is 9.69. The van der Waals surface area contributed by atoms with Crippen LogP contribution in [-0.4, -0.2) is 25.2 Å². The summed E-state index contributed by atoms with van der Waals surface area (Å²) in [6.07, 6.45) is 1.23. The summed E-state index contributed by atoms with van der Waals surface area (Å²) in [4.78, 5) is 0. The number of methoxy groups -OCH3 is 1. The molecule has 1 fully saturated rings. The second-order valence-corrected chi connectivity index (χ2v) is 5.36. The highest BCUT2D eigenvalue weighted by Gasteiger charge is 2.27. The van der Waals surface area contributed by atoms with E-state index in [0.29, 0.717) is 11.8 Å². The Balaban J connectivity index is 2.26. The smallest absolute Gasteiger partial charge is 0.122 e. The van der Waals surface area contributed by atoms with Gasteiger partial charge < -0.3 is 10.5 Å². The number of rotatable bonds is 3. The molecule has 1 aliphatic heterocycles. The standard InChI is InChI=1S/C13H19NOS/c1-15-13-5-3-2-4-11(13)12-9-16-7-6-10(12)8-14/h2-5,10,12H,6-9,14H2,1H3. The molecule has 0 amide bonds. The molecule has 1 saturated heterocycles. The van der Waals surface area contributed by atoms with Crippen LogP contribution in [0.2, 0.25) is 0 Å². The summed E-state index contributed by atoms with van der Waals surface area (Å²) in [7, 11) is 1.74. The Hall–Kier alpha value is -0.670. The van der Waals surface area contributed by atoms with Gasteiger partial charge in [0.05, 0.1) is 7.11 Å². The summed E-state index contributed by atoms with van der Waals surface area (Å²) in [5.74, 6) is 4.58. The van der Waals surface area contributed by atoms with Crippen LogP contribution in [0.5, 0.6) is 5.75 Å². The van der Waals surface area contributed by atoms with Gasteiger partial charge in [0, 0.05) is 11.7 Å². The van der Waals surface area contributed by atoms with E-state index in [1.165, 1.54) is 23.5 Å². The Morgan fingerprint density at radius 3 is 3.00 bits per heavy atom. The fraction of sp³-hybridized carbons (Fsp3) is 0.538. The third kappa shape index (κ3) is 2.36. The van der Waals surface area contributed by atoms with Crippen LogP contribution in [-0.2, 0) is 0 Å². The van der Waals surface area contributed by atoms with Crippen LogP contribution in [0.1, 0.15) is 17.9 Å². The maximum Gasteiger partial charge on any atom is 0.122 e. The van der Waals surface area contributed by atoms with E-state index >= 15 is 0 Å². The van der Waals surface area contributed by atoms with Crippen LogP contribution in [0.3, 0.4) is 0 Å². The largest absolute Gasteiger partial charge is 0.496 e. The third-order valence-electron chi connectivity index (χ3n) is 3.34. The molecule has 1 aliphatic rings. The van der Waals surface area contributed by atoms with Crippen molar-refractivity contribution in [3.8, 4) is 5.75 Å². The summed E-state index contributed by atoms with van der Waals surface area (Å²) < 4.78 is 5.44. The van der Waals surface area contributed by atoms with Crippen molar-refractivity contribution < 1.29 is 4.74 Å². The van der Waals surface area contributed by atoms with E-state index in [1.54, 1.807) is 7.11 Å². The minimum absolute atomic E-state index is 0.555. The highest BCUT2D eigenvalue weighted by atomic mass is 32.2. The van der Waals surface area contributed by atoms with Gasteiger partial charge in [-0.15, -0.1) is 0 Å². The molecule has 0 saturated carbocycles. The lowest BCUT2D eigenvalue weighted by Gasteiger charge is -2.31. The van der Waals surface area contributed by atoms with Gasteiger partial charge in [0.2, 0.25) is 0 Å². The molecule has 0 aromatic heterocycles. The zero-order valence-corrected chi connectivity index (χ0v) is 10.5. The van der Waals surface area contributed by atoms with Gasteiger partial charge in [-0.25, -0.2) is 0 Å². The van der Waals surface area contributed by atoms with Crippen LogP contribution in [0.15, 0.2) is 24.3 Å². The predicted octanol–water partition coefficient (Wildman–Crippen LogP) is 2.49. The molecule has 0 bridgehead atoms. The molecule has 2 unspecified atom stereocenters. The van der Waals surface area contributed by atoms with Gasteiger partial charge in [0.1, 0.15) is 5.75 Å². The third-order valence-corrected chi connectivity index (χ3v) is 4.46. The lowest BCUT2D eigenvalue weighted by atomic mass is 9.85. The molecule has 88 valence electrons. The second-order valence-electron chi connectivity index (χ2n) is 4.21. The Morgan fingerprint density at radius 2 is 2.25 bits per heavy atom. The maximum atomic E-state index is 5.87. The molecule has 2 N–H and O–H groups in total. The highest BCUT2D eigenvalue weighted by molar-refractivity contribution is 7.99. The maximum absolute atomic E-state index is 5.87. The molecular weight excluding hydrogens is 218 g/mol. The minimum atomic E-state index is 0.555. The van der Waals surface area contributed by atoms with E-state index in [2.05, 4.69) is 12.1 Å². The Kier molecular flexibility index (Phi) is 4.13. The normalized spacial score (nSPS) is 25.4. The predicted molar refractivity (Wildman–Crippen MR) is 70.2 cm³/mol. The van der Waals surface area contributed by atoms with Gasteiger partial charge in [0.15, 0.2) is 0 Å². The van der Waals surface area contributed by atoms with E-state index in [1.807, 2.05) is 23.9 Å². The lowest BCUT2D eigenvalue weighted by molar-refractivity contribution is 0.386. The summed E-state index contributed by atoms with van der Waals surface area (Å²) in [6, 6.07) is 8.33. The minimum Gasteiger partial charge on any atom is -0.496 e. The van der Waals surface area contributed by atoms with E-state index in [9.17, 15) is 0 Å². The summed E-state index contributed by atoms with van der Waals surface area (Å²) >= 11 is 2.03. The summed E-state index contributed by atoms with van der Waals surface area (Å²) in [5.41, 5.74) is 7.20. The van der Waals surface area contributed by atoms with Gasteiger partial charge in [-0.05, 0) is 36.3 Å². The topological polar surface area (TPSA) is 35.2 Å². The second kappa shape index (κ2) is 5.60. The van der Waals surface area contributed by atoms with Crippen molar-refractivity contribution in [1.82, 2.24) is 0 Å². The van der Waals surface area contributed by atoms with Crippen LogP contribution in [0.4, 0.5) is 0 Å². The first-order chi connectivity index (χ1) is 7.86. The first-order valence-corrected chi connectivity index (χ1v) is 6.93. The van der Waals surface area contributed by atoms with Gasteiger partial charge in [0.25, 0.3) is 0 Å². The molecule has 1 heterocycles. The van der Waals surface area contributed by atoms with Crippen molar-refractivity contribution in [1.29, 1.82) is 0 Å². The zero-order chi connectivity index (χ0) is 11.4. The van der Waals surface area contributed by atoms with Crippen LogP contribution >= 0.6 is 11.8 Å². The Labute approximate surface area is 102 Å². The summed E-state index contributed by atoms with van der Waals surface area (Å²) in [6.45, 7) is 0.781. The van der Waals surface area contributed by atoms with Crippen molar-refractivity contribution in [2.75, 3.05) is 25.2 Å². The average molecular weight is 237 g/mol. The number of hydrogen-bond donors (Lipinski definition) is 1. The van der Waals surface area contributed by atoms with Crippen LogP contribution in [0, 0.1) is 5.92 Å². The molecule has 1 aromatic rings. The molecule has 0 aliphatic carbocycles. The number of hydrogen-bond acceptors (Lipinski definition) is 3. The van der Waals surface area contributed by atoms with E-state index in [-0.39, 0.29) is 0 Å². The molecule has 1 aromatic carbocycles. The van der Waals surface area contributed by atoms with E-state index in [0.717, 1.165) is 12.3 Å². The van der Waals surface area contributed by atoms with Crippen molar-refractivity contribution in [3.63, 3.8) is 0 Å². The molecule has 2 nitrogen and oxygen atoms in total. The molecule has 0 spiro atoms. The van der Waals surface area contributed by atoms with Crippen LogP contribution < -0.4 is 10.5 Å². The highest BCUT2D eigenvalue weighted by Crippen LogP contribution is 2.39. The number of thioether (sulfide) groups is 1. The number of benzene rings is 1. The van der Waals surface area contributed by atoms with E-state index < -0.39 is 0 Å². The van der Waals surface area contributed by atoms with Crippen molar-refractivity contribution in [3.05, 3.63) is 29.8 Å². The number of ether oxygens (including phenoxy) is 1. The van der Waals surface area contributed by atoms with Crippen molar-refractivity contribution >= 4 is 11.8 Å². The van der Waals surface area contributed by atoms with Crippen molar-refractivity contribution in [2.45, 2.75) is 12.3 Å². The molecule has 16 heavy (non-hydrogen) atoms. The fourth-order valence-electron chi connectivity index (χ4n) is 2.38. The number of nitrogens with two attached hydrogens (primary N) is 1. The van der Waals surface area contributed by atoms with Gasteiger partial charge in [-0.3, -0.25) is 0 Å². The first-order valence-electron chi connectivity index (χ1n) is 5.77. The number of para-hydroxylation sites is 1. The molecule has 2 atom stereocenters. The lowest BCUT2D eigenvalue weighted by Crippen LogP contribution is -2.28. The Bertz CT molecular complexity index is 342.